The van der Waals surface area contributed by atoms with Crippen molar-refractivity contribution in [2.45, 2.75) is 13.0 Å². The molecule has 0 fully saturated rings. The Morgan fingerprint density at radius 2 is 2.38 bits per heavy atom. The molecule has 2 rings (SSSR count). The summed E-state index contributed by atoms with van der Waals surface area (Å²) in [6.45, 7) is 3.40. The lowest BCUT2D eigenvalue weighted by Gasteiger charge is -2.21. The lowest BCUT2D eigenvalue weighted by molar-refractivity contribution is 0.293. The predicted molar refractivity (Wildman–Crippen MR) is 61.1 cm³/mol. The summed E-state index contributed by atoms with van der Waals surface area (Å²) in [5.41, 5.74) is 0. The predicted octanol–water partition coefficient (Wildman–Crippen LogP) is 3.27. The molecule has 1 aromatic rings. The SMILES string of the molecule is Brc1csc(CN2CC=CCC2)c1. The summed E-state index contributed by atoms with van der Waals surface area (Å²) in [7, 11) is 0. The van der Waals surface area contributed by atoms with Crippen LogP contribution in [-0.4, -0.2) is 18.0 Å². The highest BCUT2D eigenvalue weighted by molar-refractivity contribution is 9.10. The van der Waals surface area contributed by atoms with Gasteiger partial charge < -0.3 is 0 Å². The highest BCUT2D eigenvalue weighted by atomic mass is 79.9. The van der Waals surface area contributed by atoms with Crippen LogP contribution in [0.5, 0.6) is 0 Å². The summed E-state index contributed by atoms with van der Waals surface area (Å²) in [5, 5.41) is 2.15. The van der Waals surface area contributed by atoms with E-state index < -0.39 is 0 Å². The molecule has 1 aromatic heterocycles. The van der Waals surface area contributed by atoms with E-state index in [1.165, 1.54) is 22.3 Å². The van der Waals surface area contributed by atoms with Crippen molar-refractivity contribution >= 4 is 27.3 Å². The van der Waals surface area contributed by atoms with Gasteiger partial charge in [0.05, 0.1) is 0 Å². The van der Waals surface area contributed by atoms with Crippen LogP contribution in [0.3, 0.4) is 0 Å². The maximum Gasteiger partial charge on any atom is 0.0331 e. The van der Waals surface area contributed by atoms with E-state index in [1.54, 1.807) is 0 Å². The average Bonchev–Trinajstić information content (AvgIpc) is 2.53. The first-order valence-corrected chi connectivity index (χ1v) is 6.12. The molecule has 13 heavy (non-hydrogen) atoms. The fourth-order valence-corrected chi connectivity index (χ4v) is 2.98. The van der Waals surface area contributed by atoms with Crippen LogP contribution in [-0.2, 0) is 6.54 Å². The van der Waals surface area contributed by atoms with Gasteiger partial charge in [-0.2, -0.15) is 0 Å². The highest BCUT2D eigenvalue weighted by Gasteiger charge is 2.07. The standard InChI is InChI=1S/C10H12BrNS/c11-9-6-10(13-8-9)7-12-4-2-1-3-5-12/h1-2,6,8H,3-5,7H2. The summed E-state index contributed by atoms with van der Waals surface area (Å²) in [4.78, 5) is 3.92. The second kappa shape index (κ2) is 4.40. The Bertz CT molecular complexity index is 306. The van der Waals surface area contributed by atoms with Gasteiger partial charge in [-0.3, -0.25) is 4.90 Å². The smallest absolute Gasteiger partial charge is 0.0331 e. The molecule has 0 aromatic carbocycles. The van der Waals surface area contributed by atoms with Gasteiger partial charge in [0.25, 0.3) is 0 Å². The van der Waals surface area contributed by atoms with E-state index in [0.29, 0.717) is 0 Å². The van der Waals surface area contributed by atoms with Gasteiger partial charge in [-0.1, -0.05) is 12.2 Å². The first kappa shape index (κ1) is 9.44. The topological polar surface area (TPSA) is 3.24 Å². The molecule has 1 aliphatic rings. The van der Waals surface area contributed by atoms with Crippen LogP contribution in [0.15, 0.2) is 28.1 Å². The number of hydrogen-bond donors (Lipinski definition) is 0. The average molecular weight is 258 g/mol. The van der Waals surface area contributed by atoms with Crippen LogP contribution in [0.25, 0.3) is 0 Å². The van der Waals surface area contributed by atoms with Crippen molar-refractivity contribution in [1.29, 1.82) is 0 Å². The van der Waals surface area contributed by atoms with Gasteiger partial charge in [-0.25, -0.2) is 0 Å². The Hall–Kier alpha value is -0.120. The van der Waals surface area contributed by atoms with Crippen LogP contribution >= 0.6 is 27.3 Å². The van der Waals surface area contributed by atoms with Crippen LogP contribution in [0.4, 0.5) is 0 Å². The van der Waals surface area contributed by atoms with E-state index in [0.717, 1.165) is 13.1 Å². The summed E-state index contributed by atoms with van der Waals surface area (Å²) in [5.74, 6) is 0. The quantitative estimate of drug-likeness (QED) is 0.736. The third kappa shape index (κ3) is 2.66. The lowest BCUT2D eigenvalue weighted by Crippen LogP contribution is -2.26. The van der Waals surface area contributed by atoms with Gasteiger partial charge in [-0.05, 0) is 28.4 Å². The Balaban J connectivity index is 1.94. The number of thiophene rings is 1. The van der Waals surface area contributed by atoms with E-state index in [9.17, 15) is 0 Å². The van der Waals surface area contributed by atoms with Gasteiger partial charge in [0.1, 0.15) is 0 Å². The molecule has 0 saturated heterocycles. The fourth-order valence-electron chi connectivity index (χ4n) is 1.49. The van der Waals surface area contributed by atoms with E-state index >= 15 is 0 Å². The van der Waals surface area contributed by atoms with Crippen LogP contribution in [0.2, 0.25) is 0 Å². The Labute approximate surface area is 91.2 Å². The minimum atomic E-state index is 1.10. The zero-order chi connectivity index (χ0) is 9.10. The molecule has 0 unspecified atom stereocenters. The van der Waals surface area contributed by atoms with Crippen LogP contribution in [0.1, 0.15) is 11.3 Å². The van der Waals surface area contributed by atoms with Gasteiger partial charge in [0.2, 0.25) is 0 Å². The van der Waals surface area contributed by atoms with Crippen LogP contribution < -0.4 is 0 Å². The zero-order valence-corrected chi connectivity index (χ0v) is 9.77. The molecular weight excluding hydrogens is 246 g/mol. The summed E-state index contributed by atoms with van der Waals surface area (Å²) in [6.07, 6.45) is 5.72. The number of nitrogens with zero attached hydrogens (tertiary/aromatic N) is 1. The molecule has 70 valence electrons. The monoisotopic (exact) mass is 257 g/mol. The maximum atomic E-state index is 3.47. The van der Waals surface area contributed by atoms with Crippen molar-refractivity contribution in [3.63, 3.8) is 0 Å². The van der Waals surface area contributed by atoms with Crippen molar-refractivity contribution in [3.05, 3.63) is 32.9 Å². The third-order valence-electron chi connectivity index (χ3n) is 2.14. The second-order valence-corrected chi connectivity index (χ2v) is 5.14. The molecule has 0 N–H and O–H groups in total. The highest BCUT2D eigenvalue weighted by Crippen LogP contribution is 2.21. The normalized spacial score (nSPS) is 17.9. The van der Waals surface area contributed by atoms with Crippen molar-refractivity contribution in [2.24, 2.45) is 0 Å². The van der Waals surface area contributed by atoms with Crippen LogP contribution in [0, 0.1) is 0 Å². The Morgan fingerprint density at radius 1 is 1.46 bits per heavy atom. The Kier molecular flexibility index (Phi) is 3.19. The minimum absolute atomic E-state index is 1.10. The first-order valence-electron chi connectivity index (χ1n) is 4.45. The van der Waals surface area contributed by atoms with Crippen molar-refractivity contribution in [1.82, 2.24) is 4.90 Å². The molecule has 1 aliphatic heterocycles. The molecular formula is C10H12BrNS. The number of rotatable bonds is 2. The molecule has 0 radical (unpaired) electrons. The molecule has 0 saturated carbocycles. The van der Waals surface area contributed by atoms with E-state index in [1.807, 2.05) is 11.3 Å². The number of halogens is 1. The second-order valence-electron chi connectivity index (χ2n) is 3.23. The van der Waals surface area contributed by atoms with E-state index in [2.05, 4.69) is 44.4 Å². The van der Waals surface area contributed by atoms with Gasteiger partial charge in [0, 0.05) is 34.4 Å². The van der Waals surface area contributed by atoms with Gasteiger partial charge in [-0.15, -0.1) is 11.3 Å². The van der Waals surface area contributed by atoms with E-state index in [4.69, 9.17) is 0 Å². The number of hydrogen-bond acceptors (Lipinski definition) is 2. The van der Waals surface area contributed by atoms with Crippen molar-refractivity contribution < 1.29 is 0 Å². The molecule has 0 atom stereocenters. The van der Waals surface area contributed by atoms with E-state index in [-0.39, 0.29) is 0 Å². The fraction of sp³-hybridized carbons (Fsp3) is 0.400. The first-order chi connectivity index (χ1) is 6.34. The lowest BCUT2D eigenvalue weighted by atomic mass is 10.2. The minimum Gasteiger partial charge on any atom is -0.294 e. The molecule has 0 spiro atoms. The molecule has 3 heteroatoms. The largest absolute Gasteiger partial charge is 0.294 e. The van der Waals surface area contributed by atoms with Crippen molar-refractivity contribution in [3.8, 4) is 0 Å². The summed E-state index contributed by atoms with van der Waals surface area (Å²) < 4.78 is 1.21. The molecule has 0 bridgehead atoms. The molecule has 2 heterocycles. The molecule has 0 amide bonds. The summed E-state index contributed by atoms with van der Waals surface area (Å²) in [6, 6.07) is 2.21. The third-order valence-corrected chi connectivity index (χ3v) is 3.83. The molecule has 1 nitrogen and oxygen atoms in total. The maximum absolute atomic E-state index is 3.47. The van der Waals surface area contributed by atoms with Gasteiger partial charge >= 0.3 is 0 Å². The molecule has 0 aliphatic carbocycles. The summed E-state index contributed by atoms with van der Waals surface area (Å²) >= 11 is 5.31. The zero-order valence-electron chi connectivity index (χ0n) is 7.37. The van der Waals surface area contributed by atoms with Crippen molar-refractivity contribution in [2.75, 3.05) is 13.1 Å². The Morgan fingerprint density at radius 3 is 3.00 bits per heavy atom. The van der Waals surface area contributed by atoms with Gasteiger partial charge in [0.15, 0.2) is 0 Å².